The number of nitrogens with zero attached hydrogens (tertiary/aromatic N) is 5. The van der Waals surface area contributed by atoms with Crippen molar-refractivity contribution >= 4 is 29.0 Å². The first kappa shape index (κ1) is 29.6. The molecule has 0 saturated heterocycles. The molecule has 4 atom stereocenters. The average Bonchev–Trinajstić information content (AvgIpc) is 3.31. The van der Waals surface area contributed by atoms with Crippen molar-refractivity contribution in [3.8, 4) is 0 Å². The Kier molecular flexibility index (Phi) is 12.8. The van der Waals surface area contributed by atoms with E-state index < -0.39 is 12.0 Å². The Bertz CT molecular complexity index is 865. The van der Waals surface area contributed by atoms with Crippen LogP contribution in [0.1, 0.15) is 95.1 Å². The minimum Gasteiger partial charge on any atom is -0.464 e. The Morgan fingerprint density at radius 1 is 1.21 bits per heavy atom. The molecule has 1 rings (SSSR count). The fourth-order valence-electron chi connectivity index (χ4n) is 3.88. The summed E-state index contributed by atoms with van der Waals surface area (Å²) in [7, 11) is 1.32. The van der Waals surface area contributed by atoms with Gasteiger partial charge in [-0.25, -0.2) is 9.78 Å². The van der Waals surface area contributed by atoms with Crippen molar-refractivity contribution in [2.24, 2.45) is 17.0 Å². The van der Waals surface area contributed by atoms with Crippen LogP contribution in [-0.4, -0.2) is 53.3 Å². The molecule has 1 aromatic rings. The van der Waals surface area contributed by atoms with Gasteiger partial charge in [-0.05, 0) is 30.2 Å². The highest BCUT2D eigenvalue weighted by molar-refractivity contribution is 7.09. The lowest BCUT2D eigenvalue weighted by molar-refractivity contribution is -0.138. The van der Waals surface area contributed by atoms with E-state index >= 15 is 0 Å². The highest BCUT2D eigenvalue weighted by Gasteiger charge is 2.34. The minimum atomic E-state index is -0.821. The van der Waals surface area contributed by atoms with Crippen LogP contribution in [0.3, 0.4) is 0 Å². The second-order valence-corrected chi connectivity index (χ2v) is 10.0. The molecular weight excluding hydrogens is 454 g/mol. The van der Waals surface area contributed by atoms with E-state index in [1.807, 2.05) is 41.5 Å². The number of hydrogen-bond donors (Lipinski definition) is 0. The molecule has 34 heavy (non-hydrogen) atoms. The summed E-state index contributed by atoms with van der Waals surface area (Å²) in [6.07, 6.45) is 2.80. The standard InChI is InChI=1S/C24H39N5O4S/c1-8-10-18(30)11-12-29(23(31)21(27-28-25)16(5)9-2)20(15(3)4)13-17(6)22-26-19(14-34-22)24(32)33-7/h14-17,20-21H,8-13H2,1-7H3/t16-,17+,20+,21-/m0/s1. The maximum atomic E-state index is 13.7. The number of Topliss-reactive ketones (excluding diaryl/α,β-unsaturated/α-hetero) is 1. The molecule has 0 radical (unpaired) electrons. The van der Waals surface area contributed by atoms with Crippen LogP contribution >= 0.6 is 11.3 Å². The van der Waals surface area contributed by atoms with Crippen LogP contribution in [0, 0.1) is 11.8 Å². The summed E-state index contributed by atoms with van der Waals surface area (Å²) in [6.45, 7) is 12.2. The van der Waals surface area contributed by atoms with E-state index in [1.165, 1.54) is 18.4 Å². The van der Waals surface area contributed by atoms with Crippen molar-refractivity contribution in [1.82, 2.24) is 9.88 Å². The van der Waals surface area contributed by atoms with E-state index in [2.05, 4.69) is 15.0 Å². The summed E-state index contributed by atoms with van der Waals surface area (Å²) in [5.74, 6) is -0.661. The molecule has 190 valence electrons. The predicted octanol–water partition coefficient (Wildman–Crippen LogP) is 5.76. The lowest BCUT2D eigenvalue weighted by Crippen LogP contribution is -2.50. The van der Waals surface area contributed by atoms with Gasteiger partial charge in [0.2, 0.25) is 5.91 Å². The zero-order valence-corrected chi connectivity index (χ0v) is 22.3. The molecule has 10 heteroatoms. The Morgan fingerprint density at radius 2 is 1.88 bits per heavy atom. The van der Waals surface area contributed by atoms with E-state index in [-0.39, 0.29) is 54.1 Å². The number of hydrogen-bond acceptors (Lipinski definition) is 7. The van der Waals surface area contributed by atoms with Crippen molar-refractivity contribution in [2.75, 3.05) is 13.7 Å². The third kappa shape index (κ3) is 8.40. The van der Waals surface area contributed by atoms with Gasteiger partial charge in [0.25, 0.3) is 0 Å². The number of thiazole rings is 1. The van der Waals surface area contributed by atoms with Crippen molar-refractivity contribution in [3.63, 3.8) is 0 Å². The Labute approximate surface area is 206 Å². The van der Waals surface area contributed by atoms with Crippen LogP contribution in [0.4, 0.5) is 0 Å². The van der Waals surface area contributed by atoms with Gasteiger partial charge in [-0.1, -0.05) is 53.1 Å². The molecule has 0 aliphatic rings. The molecule has 1 amide bonds. The number of amides is 1. The normalized spacial score (nSPS) is 14.6. The fraction of sp³-hybridized carbons (Fsp3) is 0.750. The molecule has 0 bridgehead atoms. The highest BCUT2D eigenvalue weighted by atomic mass is 32.1. The smallest absolute Gasteiger partial charge is 0.357 e. The first-order chi connectivity index (χ1) is 16.1. The summed E-state index contributed by atoms with van der Waals surface area (Å²) >= 11 is 1.39. The molecule has 0 saturated carbocycles. The zero-order valence-electron chi connectivity index (χ0n) is 21.5. The topological polar surface area (TPSA) is 125 Å². The monoisotopic (exact) mass is 493 g/mol. The molecule has 0 unspecified atom stereocenters. The maximum Gasteiger partial charge on any atom is 0.357 e. The second kappa shape index (κ2) is 14.7. The molecule has 0 aliphatic heterocycles. The highest BCUT2D eigenvalue weighted by Crippen LogP contribution is 2.30. The van der Waals surface area contributed by atoms with Crippen molar-refractivity contribution in [3.05, 3.63) is 26.5 Å². The molecule has 9 nitrogen and oxygen atoms in total. The van der Waals surface area contributed by atoms with Gasteiger partial charge in [0.1, 0.15) is 11.8 Å². The van der Waals surface area contributed by atoms with Crippen LogP contribution in [-0.2, 0) is 14.3 Å². The van der Waals surface area contributed by atoms with E-state index in [0.717, 1.165) is 11.4 Å². The van der Waals surface area contributed by atoms with Crippen LogP contribution in [0.2, 0.25) is 0 Å². The zero-order chi connectivity index (χ0) is 25.8. The van der Waals surface area contributed by atoms with Gasteiger partial charge >= 0.3 is 5.97 Å². The van der Waals surface area contributed by atoms with Gasteiger partial charge in [-0.15, -0.1) is 11.3 Å². The minimum absolute atomic E-state index is 0.0287. The van der Waals surface area contributed by atoms with E-state index in [1.54, 1.807) is 10.3 Å². The molecule has 0 fully saturated rings. The quantitative estimate of drug-likeness (QED) is 0.133. The van der Waals surface area contributed by atoms with Gasteiger partial charge in [-0.3, -0.25) is 9.59 Å². The lowest BCUT2D eigenvalue weighted by Gasteiger charge is -2.38. The summed E-state index contributed by atoms with van der Waals surface area (Å²) in [6, 6.07) is -1.01. The Balaban J connectivity index is 3.26. The molecular formula is C24H39N5O4S. The number of ether oxygens (including phenoxy) is 1. The number of ketones is 1. The number of carbonyl (C=O) groups excluding carboxylic acids is 3. The van der Waals surface area contributed by atoms with Crippen molar-refractivity contribution in [1.29, 1.82) is 0 Å². The summed E-state index contributed by atoms with van der Waals surface area (Å²) in [4.78, 5) is 46.9. The maximum absolute atomic E-state index is 13.7. The first-order valence-electron chi connectivity index (χ1n) is 12.0. The van der Waals surface area contributed by atoms with Gasteiger partial charge in [0.15, 0.2) is 5.69 Å². The van der Waals surface area contributed by atoms with Gasteiger partial charge in [-0.2, -0.15) is 0 Å². The molecule has 1 heterocycles. The molecule has 0 N–H and O–H groups in total. The van der Waals surface area contributed by atoms with Gasteiger partial charge in [0.05, 0.1) is 12.1 Å². The number of methoxy groups -OCH3 is 1. The lowest BCUT2D eigenvalue weighted by atomic mass is 9.90. The third-order valence-electron chi connectivity index (χ3n) is 6.16. The van der Waals surface area contributed by atoms with Crippen molar-refractivity contribution in [2.45, 2.75) is 91.6 Å². The first-order valence-corrected chi connectivity index (χ1v) is 12.9. The second-order valence-electron chi connectivity index (χ2n) is 9.12. The molecule has 0 aromatic carbocycles. The predicted molar refractivity (Wildman–Crippen MR) is 134 cm³/mol. The summed E-state index contributed by atoms with van der Waals surface area (Å²) < 4.78 is 4.76. The Hall–Kier alpha value is -2.45. The number of aromatic nitrogens is 1. The number of rotatable bonds is 15. The fourth-order valence-corrected chi connectivity index (χ4v) is 4.74. The molecule has 0 spiro atoms. The molecule has 1 aromatic heterocycles. The van der Waals surface area contributed by atoms with Crippen LogP contribution in [0.25, 0.3) is 10.4 Å². The van der Waals surface area contributed by atoms with E-state index in [0.29, 0.717) is 19.3 Å². The van der Waals surface area contributed by atoms with Crippen LogP contribution in [0.5, 0.6) is 0 Å². The largest absolute Gasteiger partial charge is 0.464 e. The molecule has 0 aliphatic carbocycles. The van der Waals surface area contributed by atoms with E-state index in [4.69, 9.17) is 10.3 Å². The van der Waals surface area contributed by atoms with Crippen LogP contribution < -0.4 is 0 Å². The average molecular weight is 494 g/mol. The number of esters is 1. The third-order valence-corrected chi connectivity index (χ3v) is 7.23. The van der Waals surface area contributed by atoms with E-state index in [9.17, 15) is 14.4 Å². The SMILES string of the molecule is CCCC(=O)CCN(C(=O)[C@@H](N=[N+]=[N-])[C@@H](C)CC)[C@H](C[C@@H](C)c1nc(C(=O)OC)cs1)C(C)C. The summed E-state index contributed by atoms with van der Waals surface area (Å²) in [5.41, 5.74) is 9.37. The van der Waals surface area contributed by atoms with Crippen molar-refractivity contribution < 1.29 is 19.1 Å². The summed E-state index contributed by atoms with van der Waals surface area (Å²) in [5, 5.41) is 6.29. The van der Waals surface area contributed by atoms with Crippen LogP contribution in [0.15, 0.2) is 10.5 Å². The van der Waals surface area contributed by atoms with Gasteiger partial charge < -0.3 is 9.64 Å². The number of carbonyl (C=O) groups is 3. The number of azide groups is 1. The van der Waals surface area contributed by atoms with Gasteiger partial charge in [0, 0.05) is 41.6 Å². The Morgan fingerprint density at radius 3 is 2.41 bits per heavy atom.